The highest BCUT2D eigenvalue weighted by molar-refractivity contribution is 8.15. The number of carbonyl (C=O) groups excluding carboxylic acids is 3. The van der Waals surface area contributed by atoms with Gasteiger partial charge in [-0.3, -0.25) is 19.3 Å². The predicted octanol–water partition coefficient (Wildman–Crippen LogP) is 1.48. The average molecular weight is 377 g/mol. The number of benzene rings is 1. The first-order valence-corrected chi connectivity index (χ1v) is 9.69. The smallest absolute Gasteiger partial charge is 0.293 e. The number of amides is 3. The lowest BCUT2D eigenvalue weighted by atomic mass is 10.2. The number of hydrogen-bond acceptors (Lipinski definition) is 6. The Balaban J connectivity index is 1.41. The number of morpholine rings is 1. The van der Waals surface area contributed by atoms with E-state index in [1.54, 1.807) is 24.3 Å². The number of nitrogens with zero attached hydrogens (tertiary/aromatic N) is 2. The van der Waals surface area contributed by atoms with E-state index in [0.717, 1.165) is 55.9 Å². The van der Waals surface area contributed by atoms with Gasteiger partial charge in [0.1, 0.15) is 5.25 Å². The second-order valence-electron chi connectivity index (χ2n) is 6.24. The van der Waals surface area contributed by atoms with Crippen LogP contribution in [0.15, 0.2) is 30.3 Å². The van der Waals surface area contributed by atoms with Gasteiger partial charge in [-0.25, -0.2) is 4.90 Å². The molecule has 2 aliphatic heterocycles. The van der Waals surface area contributed by atoms with Crippen LogP contribution in [-0.4, -0.2) is 66.6 Å². The summed E-state index contributed by atoms with van der Waals surface area (Å²) in [6.45, 7) is 4.87. The van der Waals surface area contributed by atoms with Crippen molar-refractivity contribution in [2.75, 3.05) is 44.3 Å². The van der Waals surface area contributed by atoms with Gasteiger partial charge < -0.3 is 10.1 Å². The fraction of sp³-hybridized carbons (Fsp3) is 0.500. The van der Waals surface area contributed by atoms with E-state index in [1.807, 2.05) is 6.07 Å². The van der Waals surface area contributed by atoms with Crippen molar-refractivity contribution < 1.29 is 19.1 Å². The molecule has 3 rings (SSSR count). The Morgan fingerprint density at radius 3 is 2.65 bits per heavy atom. The molecule has 1 aromatic rings. The molecule has 0 radical (unpaired) electrons. The molecular weight excluding hydrogens is 354 g/mol. The van der Waals surface area contributed by atoms with Gasteiger partial charge in [-0.1, -0.05) is 18.2 Å². The maximum atomic E-state index is 12.5. The van der Waals surface area contributed by atoms with Crippen molar-refractivity contribution >= 4 is 34.5 Å². The lowest BCUT2D eigenvalue weighted by Crippen LogP contribution is -2.38. The quantitative estimate of drug-likeness (QED) is 0.725. The first-order chi connectivity index (χ1) is 12.6. The van der Waals surface area contributed by atoms with Gasteiger partial charge in [-0.05, 0) is 36.9 Å². The Bertz CT molecular complexity index is 649. The third-order valence-electron chi connectivity index (χ3n) is 4.38. The monoisotopic (exact) mass is 377 g/mol. The fourth-order valence-electron chi connectivity index (χ4n) is 2.99. The van der Waals surface area contributed by atoms with E-state index in [9.17, 15) is 14.4 Å². The summed E-state index contributed by atoms with van der Waals surface area (Å²) in [5, 5.41) is 1.87. The Morgan fingerprint density at radius 1 is 1.19 bits per heavy atom. The summed E-state index contributed by atoms with van der Waals surface area (Å²) in [5.74, 6) is -0.518. The van der Waals surface area contributed by atoms with E-state index in [-0.39, 0.29) is 23.5 Å². The van der Waals surface area contributed by atoms with Crippen LogP contribution in [0.3, 0.4) is 0 Å². The minimum Gasteiger partial charge on any atom is -0.379 e. The zero-order valence-electron chi connectivity index (χ0n) is 14.6. The molecular formula is C18H23N3O4S. The van der Waals surface area contributed by atoms with Crippen LogP contribution in [0.25, 0.3) is 0 Å². The first-order valence-electron chi connectivity index (χ1n) is 8.81. The molecule has 2 heterocycles. The Hall–Kier alpha value is -1.90. The molecule has 0 aliphatic carbocycles. The van der Waals surface area contributed by atoms with E-state index in [1.165, 1.54) is 0 Å². The lowest BCUT2D eigenvalue weighted by molar-refractivity contribution is -0.124. The molecule has 0 aromatic heterocycles. The molecule has 1 aromatic carbocycles. The number of carbonyl (C=O) groups is 3. The van der Waals surface area contributed by atoms with Crippen LogP contribution in [0.4, 0.5) is 10.5 Å². The number of ether oxygens (including phenoxy) is 1. The summed E-state index contributed by atoms with van der Waals surface area (Å²) in [6, 6.07) is 8.79. The SMILES string of the molecule is O=C(C[C@H]1SC(=O)N(c2ccccc2)C1=O)NCCCN1CCOCC1. The van der Waals surface area contributed by atoms with Crippen LogP contribution in [-0.2, 0) is 14.3 Å². The van der Waals surface area contributed by atoms with Crippen LogP contribution >= 0.6 is 11.8 Å². The molecule has 8 heteroatoms. The summed E-state index contributed by atoms with van der Waals surface area (Å²) in [7, 11) is 0. The second-order valence-corrected chi connectivity index (χ2v) is 7.40. The molecule has 1 atom stereocenters. The molecule has 7 nitrogen and oxygen atoms in total. The number of thioether (sulfide) groups is 1. The maximum Gasteiger partial charge on any atom is 0.293 e. The van der Waals surface area contributed by atoms with Crippen molar-refractivity contribution in [2.45, 2.75) is 18.1 Å². The van der Waals surface area contributed by atoms with E-state index in [0.29, 0.717) is 12.2 Å². The minimum absolute atomic E-state index is 0.0239. The third-order valence-corrected chi connectivity index (χ3v) is 5.42. The largest absolute Gasteiger partial charge is 0.379 e. The summed E-state index contributed by atoms with van der Waals surface area (Å²) in [5.41, 5.74) is 0.545. The molecule has 2 aliphatic rings. The Labute approximate surface area is 157 Å². The van der Waals surface area contributed by atoms with Gasteiger partial charge in [0.15, 0.2) is 0 Å². The standard InChI is InChI=1S/C18H23N3O4S/c22-16(19-7-4-8-20-9-11-25-12-10-20)13-15-17(23)21(18(24)26-15)14-5-2-1-3-6-14/h1-3,5-6,15H,4,7-13H2,(H,19,22)/t15-/m1/s1. The maximum absolute atomic E-state index is 12.5. The summed E-state index contributed by atoms with van der Waals surface area (Å²) in [6.07, 6.45) is 0.878. The van der Waals surface area contributed by atoms with Gasteiger partial charge >= 0.3 is 0 Å². The van der Waals surface area contributed by atoms with E-state index < -0.39 is 5.25 Å². The minimum atomic E-state index is -0.651. The molecule has 140 valence electrons. The molecule has 0 unspecified atom stereocenters. The van der Waals surface area contributed by atoms with Gasteiger partial charge in [0.25, 0.3) is 5.24 Å². The third kappa shape index (κ3) is 4.84. The molecule has 0 saturated carbocycles. The number of imide groups is 1. The molecule has 2 fully saturated rings. The van der Waals surface area contributed by atoms with E-state index >= 15 is 0 Å². The first kappa shape index (κ1) is 18.9. The Kier molecular flexibility index (Phi) is 6.65. The normalized spacial score (nSPS) is 21.2. The number of hydrogen-bond donors (Lipinski definition) is 1. The molecule has 2 saturated heterocycles. The van der Waals surface area contributed by atoms with Crippen molar-refractivity contribution in [1.29, 1.82) is 0 Å². The average Bonchev–Trinajstić information content (AvgIpc) is 2.93. The van der Waals surface area contributed by atoms with Crippen LogP contribution in [0.2, 0.25) is 0 Å². The van der Waals surface area contributed by atoms with Crippen LogP contribution in [0, 0.1) is 0 Å². The highest BCUT2D eigenvalue weighted by atomic mass is 32.2. The van der Waals surface area contributed by atoms with Crippen molar-refractivity contribution in [3.63, 3.8) is 0 Å². The highest BCUT2D eigenvalue weighted by Crippen LogP contribution is 2.33. The van der Waals surface area contributed by atoms with E-state index in [2.05, 4.69) is 10.2 Å². The van der Waals surface area contributed by atoms with Gasteiger partial charge in [0, 0.05) is 26.1 Å². The summed E-state index contributed by atoms with van der Waals surface area (Å²) < 4.78 is 5.30. The highest BCUT2D eigenvalue weighted by Gasteiger charge is 2.41. The zero-order chi connectivity index (χ0) is 18.4. The van der Waals surface area contributed by atoms with Crippen molar-refractivity contribution in [3.8, 4) is 0 Å². The van der Waals surface area contributed by atoms with Gasteiger partial charge in [0.05, 0.1) is 18.9 Å². The van der Waals surface area contributed by atoms with Crippen molar-refractivity contribution in [2.24, 2.45) is 0 Å². The van der Waals surface area contributed by atoms with Crippen molar-refractivity contribution in [3.05, 3.63) is 30.3 Å². The van der Waals surface area contributed by atoms with Gasteiger partial charge in [-0.15, -0.1) is 0 Å². The molecule has 26 heavy (non-hydrogen) atoms. The topological polar surface area (TPSA) is 79.0 Å². The van der Waals surface area contributed by atoms with Gasteiger partial charge in [-0.2, -0.15) is 0 Å². The van der Waals surface area contributed by atoms with Gasteiger partial charge in [0.2, 0.25) is 11.8 Å². The summed E-state index contributed by atoms with van der Waals surface area (Å²) in [4.78, 5) is 40.2. The number of para-hydroxylation sites is 1. The molecule has 1 N–H and O–H groups in total. The Morgan fingerprint density at radius 2 is 1.92 bits per heavy atom. The number of nitrogens with one attached hydrogen (secondary N) is 1. The second kappa shape index (κ2) is 9.16. The van der Waals surface area contributed by atoms with Crippen LogP contribution in [0.1, 0.15) is 12.8 Å². The molecule has 3 amide bonds. The lowest BCUT2D eigenvalue weighted by Gasteiger charge is -2.26. The number of rotatable bonds is 7. The molecule has 0 spiro atoms. The van der Waals surface area contributed by atoms with Crippen LogP contribution < -0.4 is 10.2 Å². The van der Waals surface area contributed by atoms with Crippen molar-refractivity contribution in [1.82, 2.24) is 10.2 Å². The van der Waals surface area contributed by atoms with E-state index in [4.69, 9.17) is 4.74 Å². The number of anilines is 1. The predicted molar refractivity (Wildman–Crippen MR) is 100 cm³/mol. The summed E-state index contributed by atoms with van der Waals surface area (Å²) >= 11 is 0.921. The van der Waals surface area contributed by atoms with Crippen LogP contribution in [0.5, 0.6) is 0 Å². The fourth-order valence-corrected chi connectivity index (χ4v) is 3.98. The molecule has 0 bridgehead atoms. The zero-order valence-corrected chi connectivity index (χ0v) is 15.4.